The van der Waals surface area contributed by atoms with Crippen molar-refractivity contribution in [2.45, 2.75) is 31.5 Å². The van der Waals surface area contributed by atoms with E-state index in [2.05, 4.69) is 26.3 Å². The lowest BCUT2D eigenvalue weighted by atomic mass is 10.1. The van der Waals surface area contributed by atoms with Crippen molar-refractivity contribution in [3.63, 3.8) is 0 Å². The number of nitrogens with one attached hydrogen (secondary N) is 2. The number of carbonyl (C=O) groups is 1. The number of benzene rings is 1. The van der Waals surface area contributed by atoms with E-state index in [0.717, 1.165) is 28.2 Å². The summed E-state index contributed by atoms with van der Waals surface area (Å²) in [5, 5.41) is 3.78. The standard InChI is InChI=1S/C18H20N4OS/c1-12-5-6-15-16(8-12)22-18(21-15)24-11-17(23)20-13(2)9-14-4-3-7-19-10-14/h3-8,10,13H,9,11H2,1-2H3,(H,20,23)(H,21,22)/t13-/m1/s1. The summed E-state index contributed by atoms with van der Waals surface area (Å²) in [5.74, 6) is 0.351. The van der Waals surface area contributed by atoms with Crippen molar-refractivity contribution in [1.82, 2.24) is 20.3 Å². The second-order valence-electron chi connectivity index (χ2n) is 5.89. The highest BCUT2D eigenvalue weighted by atomic mass is 32.2. The smallest absolute Gasteiger partial charge is 0.230 e. The molecular weight excluding hydrogens is 320 g/mol. The fourth-order valence-electron chi connectivity index (χ4n) is 2.54. The average molecular weight is 340 g/mol. The Balaban J connectivity index is 1.51. The minimum absolute atomic E-state index is 0.00743. The van der Waals surface area contributed by atoms with E-state index < -0.39 is 0 Å². The van der Waals surface area contributed by atoms with Crippen LogP contribution < -0.4 is 5.32 Å². The maximum Gasteiger partial charge on any atom is 0.230 e. The minimum Gasteiger partial charge on any atom is -0.353 e. The van der Waals surface area contributed by atoms with Crippen LogP contribution in [0.4, 0.5) is 0 Å². The van der Waals surface area contributed by atoms with Crippen LogP contribution in [0.5, 0.6) is 0 Å². The van der Waals surface area contributed by atoms with Crippen molar-refractivity contribution in [2.75, 3.05) is 5.75 Å². The molecular formula is C18H20N4OS. The van der Waals surface area contributed by atoms with E-state index in [4.69, 9.17) is 0 Å². The fourth-order valence-corrected chi connectivity index (χ4v) is 3.24. The van der Waals surface area contributed by atoms with Gasteiger partial charge in [-0.15, -0.1) is 0 Å². The Hall–Kier alpha value is -2.34. The van der Waals surface area contributed by atoms with Crippen molar-refractivity contribution < 1.29 is 4.79 Å². The van der Waals surface area contributed by atoms with E-state index in [1.807, 2.05) is 44.3 Å². The molecule has 2 aromatic heterocycles. The lowest BCUT2D eigenvalue weighted by Crippen LogP contribution is -2.35. The predicted octanol–water partition coefficient (Wildman–Crippen LogP) is 3.11. The normalized spacial score (nSPS) is 12.2. The Kier molecular flexibility index (Phi) is 5.15. The van der Waals surface area contributed by atoms with Crippen molar-refractivity contribution in [3.05, 3.63) is 53.9 Å². The maximum absolute atomic E-state index is 12.1. The highest BCUT2D eigenvalue weighted by molar-refractivity contribution is 7.99. The molecule has 2 N–H and O–H groups in total. The van der Waals surface area contributed by atoms with E-state index in [1.54, 1.807) is 6.20 Å². The van der Waals surface area contributed by atoms with Gasteiger partial charge in [-0.25, -0.2) is 4.98 Å². The maximum atomic E-state index is 12.1. The molecule has 0 fully saturated rings. The SMILES string of the molecule is Cc1ccc2nc(SCC(=O)N[C@H](C)Cc3cccnc3)[nH]c2c1. The topological polar surface area (TPSA) is 70.7 Å². The highest BCUT2D eigenvalue weighted by Gasteiger charge is 2.10. The molecule has 0 saturated heterocycles. The van der Waals surface area contributed by atoms with Crippen LogP contribution in [-0.2, 0) is 11.2 Å². The van der Waals surface area contributed by atoms with E-state index >= 15 is 0 Å². The zero-order valence-corrected chi connectivity index (χ0v) is 14.6. The number of aryl methyl sites for hydroxylation is 1. The third-order valence-electron chi connectivity index (χ3n) is 3.63. The monoisotopic (exact) mass is 340 g/mol. The predicted molar refractivity (Wildman–Crippen MR) is 97.1 cm³/mol. The quantitative estimate of drug-likeness (QED) is 0.677. The van der Waals surface area contributed by atoms with Crippen molar-refractivity contribution in [2.24, 2.45) is 0 Å². The second kappa shape index (κ2) is 7.49. The van der Waals surface area contributed by atoms with Crippen LogP contribution in [0.15, 0.2) is 47.9 Å². The second-order valence-corrected chi connectivity index (χ2v) is 6.85. The molecule has 1 aromatic carbocycles. The number of pyridine rings is 1. The molecule has 6 heteroatoms. The van der Waals surface area contributed by atoms with Crippen molar-refractivity contribution >= 4 is 28.7 Å². The van der Waals surface area contributed by atoms with Crippen LogP contribution in [0.1, 0.15) is 18.1 Å². The largest absolute Gasteiger partial charge is 0.353 e. The van der Waals surface area contributed by atoms with Gasteiger partial charge in [0.05, 0.1) is 16.8 Å². The lowest BCUT2D eigenvalue weighted by molar-refractivity contribution is -0.119. The summed E-state index contributed by atoms with van der Waals surface area (Å²) < 4.78 is 0. The van der Waals surface area contributed by atoms with Crippen LogP contribution in [0.2, 0.25) is 0 Å². The molecule has 0 aliphatic carbocycles. The Morgan fingerprint density at radius 3 is 3.04 bits per heavy atom. The van der Waals surface area contributed by atoms with Gasteiger partial charge in [-0.2, -0.15) is 0 Å². The molecule has 0 saturated carbocycles. The van der Waals surface area contributed by atoms with Gasteiger partial charge in [0.1, 0.15) is 0 Å². The summed E-state index contributed by atoms with van der Waals surface area (Å²) in [6, 6.07) is 10.1. The number of fused-ring (bicyclic) bond motifs is 1. The van der Waals surface area contributed by atoms with Crippen LogP contribution in [0, 0.1) is 6.92 Å². The summed E-state index contributed by atoms with van der Waals surface area (Å²) in [7, 11) is 0. The van der Waals surface area contributed by atoms with Gasteiger partial charge >= 0.3 is 0 Å². The number of rotatable bonds is 6. The Bertz CT molecular complexity index is 831. The molecule has 3 rings (SSSR count). The van der Waals surface area contributed by atoms with Gasteiger partial charge in [0.25, 0.3) is 0 Å². The van der Waals surface area contributed by atoms with E-state index in [0.29, 0.717) is 5.75 Å². The number of imidazole rings is 1. The van der Waals surface area contributed by atoms with Crippen LogP contribution >= 0.6 is 11.8 Å². The van der Waals surface area contributed by atoms with Gasteiger partial charge in [0.15, 0.2) is 5.16 Å². The molecule has 3 aromatic rings. The van der Waals surface area contributed by atoms with Gasteiger partial charge in [-0.05, 0) is 49.6 Å². The number of thioether (sulfide) groups is 1. The molecule has 2 heterocycles. The van der Waals surface area contributed by atoms with E-state index in [-0.39, 0.29) is 11.9 Å². The average Bonchev–Trinajstić information content (AvgIpc) is 2.95. The summed E-state index contributed by atoms with van der Waals surface area (Å²) in [5.41, 5.74) is 4.23. The zero-order chi connectivity index (χ0) is 16.9. The first-order chi connectivity index (χ1) is 11.6. The number of nitrogens with zero attached hydrogens (tertiary/aromatic N) is 2. The van der Waals surface area contributed by atoms with Crippen molar-refractivity contribution in [1.29, 1.82) is 0 Å². The molecule has 0 unspecified atom stereocenters. The molecule has 0 aliphatic heterocycles. The number of amides is 1. The molecule has 0 aliphatic rings. The Morgan fingerprint density at radius 2 is 2.25 bits per heavy atom. The molecule has 24 heavy (non-hydrogen) atoms. The third kappa shape index (κ3) is 4.35. The van der Waals surface area contributed by atoms with Gasteiger partial charge in [-0.3, -0.25) is 9.78 Å². The number of hydrogen-bond acceptors (Lipinski definition) is 4. The number of H-pyrrole nitrogens is 1. The summed E-state index contributed by atoms with van der Waals surface area (Å²) >= 11 is 1.42. The molecule has 1 atom stereocenters. The molecule has 0 spiro atoms. The molecule has 5 nitrogen and oxygen atoms in total. The first-order valence-corrected chi connectivity index (χ1v) is 8.86. The molecule has 0 radical (unpaired) electrons. The van der Waals surface area contributed by atoms with Gasteiger partial charge < -0.3 is 10.3 Å². The van der Waals surface area contributed by atoms with Gasteiger partial charge in [-0.1, -0.05) is 23.9 Å². The first kappa shape index (κ1) is 16.5. The fraction of sp³-hybridized carbons (Fsp3) is 0.278. The van der Waals surface area contributed by atoms with Crippen LogP contribution in [-0.4, -0.2) is 32.7 Å². The van der Waals surface area contributed by atoms with E-state index in [9.17, 15) is 4.79 Å². The first-order valence-electron chi connectivity index (χ1n) is 7.87. The lowest BCUT2D eigenvalue weighted by Gasteiger charge is -2.13. The summed E-state index contributed by atoms with van der Waals surface area (Å²) in [6.45, 7) is 4.05. The Morgan fingerprint density at radius 1 is 1.38 bits per heavy atom. The Labute approximate surface area is 145 Å². The summed E-state index contributed by atoms with van der Waals surface area (Å²) in [6.07, 6.45) is 4.35. The molecule has 0 bridgehead atoms. The number of aromatic amines is 1. The van der Waals surface area contributed by atoms with Crippen LogP contribution in [0.3, 0.4) is 0 Å². The highest BCUT2D eigenvalue weighted by Crippen LogP contribution is 2.20. The molecule has 124 valence electrons. The van der Waals surface area contributed by atoms with E-state index in [1.165, 1.54) is 17.3 Å². The number of carbonyl (C=O) groups excluding carboxylic acids is 1. The van der Waals surface area contributed by atoms with Crippen molar-refractivity contribution in [3.8, 4) is 0 Å². The number of aromatic nitrogens is 3. The number of hydrogen-bond donors (Lipinski definition) is 2. The summed E-state index contributed by atoms with van der Waals surface area (Å²) in [4.78, 5) is 23.9. The molecule has 1 amide bonds. The minimum atomic E-state index is 0.00743. The zero-order valence-electron chi connectivity index (χ0n) is 13.7. The van der Waals surface area contributed by atoms with Crippen LogP contribution in [0.25, 0.3) is 11.0 Å². The van der Waals surface area contributed by atoms with Gasteiger partial charge in [0, 0.05) is 18.4 Å². The van der Waals surface area contributed by atoms with Gasteiger partial charge in [0.2, 0.25) is 5.91 Å². The third-order valence-corrected chi connectivity index (χ3v) is 4.50.